The van der Waals surface area contributed by atoms with Crippen molar-refractivity contribution in [2.45, 2.75) is 11.4 Å². The molecule has 4 heteroatoms. The van der Waals surface area contributed by atoms with Gasteiger partial charge in [-0.2, -0.15) is 0 Å². The molecule has 0 N–H and O–H groups in total. The van der Waals surface area contributed by atoms with E-state index in [2.05, 4.69) is 24.3 Å². The standard InChI is InChI=1S/C20H19NO2S/c1-21(20(22)16-10-12-18(13-11-16)24(2)23)14-17-8-5-7-15-6-3-4-9-19(15)17/h3-13H,14H2,1-2H3. The van der Waals surface area contributed by atoms with Crippen molar-refractivity contribution in [1.82, 2.24) is 4.90 Å². The quantitative estimate of drug-likeness (QED) is 0.725. The van der Waals surface area contributed by atoms with Gasteiger partial charge in [-0.15, -0.1) is 0 Å². The first-order valence-electron chi connectivity index (χ1n) is 7.72. The first-order chi connectivity index (χ1) is 11.6. The molecule has 0 radical (unpaired) electrons. The van der Waals surface area contributed by atoms with Crippen LogP contribution in [0.5, 0.6) is 0 Å². The number of benzene rings is 3. The van der Waals surface area contributed by atoms with Gasteiger partial charge in [-0.25, -0.2) is 0 Å². The number of nitrogens with zero attached hydrogens (tertiary/aromatic N) is 1. The number of amides is 1. The Hall–Kier alpha value is -2.46. The summed E-state index contributed by atoms with van der Waals surface area (Å²) in [7, 11) is 0.768. The monoisotopic (exact) mass is 337 g/mol. The van der Waals surface area contributed by atoms with Crippen molar-refractivity contribution in [1.29, 1.82) is 0 Å². The van der Waals surface area contributed by atoms with Gasteiger partial charge in [-0.1, -0.05) is 42.5 Å². The average molecular weight is 337 g/mol. The third kappa shape index (κ3) is 3.39. The van der Waals surface area contributed by atoms with Crippen LogP contribution in [0.4, 0.5) is 0 Å². The van der Waals surface area contributed by atoms with E-state index in [0.717, 1.165) is 15.8 Å². The van der Waals surface area contributed by atoms with Crippen molar-refractivity contribution >= 4 is 27.5 Å². The maximum atomic E-state index is 12.6. The Labute approximate surface area is 144 Å². The van der Waals surface area contributed by atoms with Crippen molar-refractivity contribution < 1.29 is 9.00 Å². The van der Waals surface area contributed by atoms with Gasteiger partial charge >= 0.3 is 0 Å². The number of hydrogen-bond acceptors (Lipinski definition) is 2. The minimum absolute atomic E-state index is 0.0450. The highest BCUT2D eigenvalue weighted by molar-refractivity contribution is 7.84. The van der Waals surface area contributed by atoms with Gasteiger partial charge in [0.05, 0.1) is 0 Å². The fraction of sp³-hybridized carbons (Fsp3) is 0.150. The zero-order chi connectivity index (χ0) is 17.1. The molecule has 1 amide bonds. The predicted molar refractivity (Wildman–Crippen MR) is 98.5 cm³/mol. The lowest BCUT2D eigenvalue weighted by Crippen LogP contribution is -2.26. The van der Waals surface area contributed by atoms with Gasteiger partial charge in [0.15, 0.2) is 0 Å². The van der Waals surface area contributed by atoms with Gasteiger partial charge in [-0.3, -0.25) is 9.00 Å². The molecule has 0 saturated carbocycles. The van der Waals surface area contributed by atoms with E-state index in [4.69, 9.17) is 0 Å². The zero-order valence-electron chi connectivity index (χ0n) is 13.7. The molecule has 3 aromatic carbocycles. The van der Waals surface area contributed by atoms with Crippen LogP contribution in [0.3, 0.4) is 0 Å². The smallest absolute Gasteiger partial charge is 0.253 e. The predicted octanol–water partition coefficient (Wildman–Crippen LogP) is 3.85. The number of carbonyl (C=O) groups excluding carboxylic acids is 1. The molecular weight excluding hydrogens is 318 g/mol. The maximum Gasteiger partial charge on any atom is 0.253 e. The molecule has 0 bridgehead atoms. The molecule has 3 rings (SSSR count). The Balaban J connectivity index is 1.82. The first-order valence-corrected chi connectivity index (χ1v) is 9.27. The van der Waals surface area contributed by atoms with E-state index in [1.54, 1.807) is 42.5 Å². The molecule has 122 valence electrons. The molecule has 0 saturated heterocycles. The lowest BCUT2D eigenvalue weighted by atomic mass is 10.0. The summed E-state index contributed by atoms with van der Waals surface area (Å²) in [5.74, 6) is -0.0450. The van der Waals surface area contributed by atoms with Crippen LogP contribution in [0.25, 0.3) is 10.8 Å². The fourth-order valence-corrected chi connectivity index (χ4v) is 3.29. The van der Waals surface area contributed by atoms with Crippen molar-refractivity contribution in [3.05, 3.63) is 77.9 Å². The second-order valence-electron chi connectivity index (χ2n) is 5.78. The van der Waals surface area contributed by atoms with Crippen LogP contribution in [0.2, 0.25) is 0 Å². The molecule has 3 nitrogen and oxygen atoms in total. The minimum Gasteiger partial charge on any atom is -0.337 e. The van der Waals surface area contributed by atoms with E-state index in [1.165, 1.54) is 5.39 Å². The van der Waals surface area contributed by atoms with E-state index in [0.29, 0.717) is 12.1 Å². The van der Waals surface area contributed by atoms with Gasteiger partial charge in [0.1, 0.15) is 0 Å². The van der Waals surface area contributed by atoms with E-state index in [1.807, 2.05) is 18.2 Å². The molecule has 24 heavy (non-hydrogen) atoms. The van der Waals surface area contributed by atoms with Crippen LogP contribution >= 0.6 is 0 Å². The zero-order valence-corrected chi connectivity index (χ0v) is 14.5. The first kappa shape index (κ1) is 16.4. The maximum absolute atomic E-state index is 12.6. The summed E-state index contributed by atoms with van der Waals surface area (Å²) in [4.78, 5) is 15.0. The Bertz CT molecular complexity index is 898. The summed E-state index contributed by atoms with van der Waals surface area (Å²) in [5.41, 5.74) is 1.72. The molecule has 1 unspecified atom stereocenters. The lowest BCUT2D eigenvalue weighted by Gasteiger charge is -2.18. The summed E-state index contributed by atoms with van der Waals surface area (Å²) in [6.07, 6.45) is 1.63. The molecule has 0 aliphatic heterocycles. The Morgan fingerprint density at radius 3 is 2.33 bits per heavy atom. The van der Waals surface area contributed by atoms with Crippen LogP contribution in [-0.4, -0.2) is 28.3 Å². The molecule has 0 aliphatic rings. The van der Waals surface area contributed by atoms with Crippen LogP contribution in [0.15, 0.2) is 71.6 Å². The Morgan fingerprint density at radius 1 is 0.958 bits per heavy atom. The van der Waals surface area contributed by atoms with Crippen LogP contribution in [0, 0.1) is 0 Å². The molecule has 1 atom stereocenters. The van der Waals surface area contributed by atoms with Crippen molar-refractivity contribution in [3.63, 3.8) is 0 Å². The normalized spacial score (nSPS) is 12.1. The Kier molecular flexibility index (Phi) is 4.76. The summed E-state index contributed by atoms with van der Waals surface area (Å²) >= 11 is 0. The number of hydrogen-bond donors (Lipinski definition) is 0. The van der Waals surface area contributed by atoms with Gasteiger partial charge in [0, 0.05) is 41.1 Å². The largest absolute Gasteiger partial charge is 0.337 e. The van der Waals surface area contributed by atoms with Gasteiger partial charge in [0.2, 0.25) is 0 Å². The summed E-state index contributed by atoms with van der Waals surface area (Å²) < 4.78 is 11.4. The second-order valence-corrected chi connectivity index (χ2v) is 7.16. The molecule has 3 aromatic rings. The topological polar surface area (TPSA) is 37.4 Å². The molecule has 0 aromatic heterocycles. The average Bonchev–Trinajstić information content (AvgIpc) is 2.61. The van der Waals surface area contributed by atoms with Crippen molar-refractivity contribution in [2.75, 3.05) is 13.3 Å². The third-order valence-electron chi connectivity index (χ3n) is 4.07. The highest BCUT2D eigenvalue weighted by atomic mass is 32.2. The SMILES string of the molecule is CN(Cc1cccc2ccccc12)C(=O)c1ccc(S(C)=O)cc1. The Morgan fingerprint density at radius 2 is 1.62 bits per heavy atom. The summed E-state index contributed by atoms with van der Waals surface area (Å²) in [5, 5.41) is 2.34. The second kappa shape index (κ2) is 6.97. The van der Waals surface area contributed by atoms with E-state index in [-0.39, 0.29) is 5.91 Å². The van der Waals surface area contributed by atoms with Crippen molar-refractivity contribution in [2.24, 2.45) is 0 Å². The molecule has 0 spiro atoms. The number of fused-ring (bicyclic) bond motifs is 1. The van der Waals surface area contributed by atoms with Gasteiger partial charge in [-0.05, 0) is 40.6 Å². The van der Waals surface area contributed by atoms with Crippen LogP contribution < -0.4 is 0 Å². The van der Waals surface area contributed by atoms with E-state index >= 15 is 0 Å². The lowest BCUT2D eigenvalue weighted by molar-refractivity contribution is 0.0785. The van der Waals surface area contributed by atoms with Crippen molar-refractivity contribution in [3.8, 4) is 0 Å². The molecular formula is C20H19NO2S. The fourth-order valence-electron chi connectivity index (χ4n) is 2.77. The summed E-state index contributed by atoms with van der Waals surface area (Å²) in [6, 6.07) is 21.3. The molecule has 0 fully saturated rings. The van der Waals surface area contributed by atoms with Crippen LogP contribution in [0.1, 0.15) is 15.9 Å². The van der Waals surface area contributed by atoms with Crippen LogP contribution in [-0.2, 0) is 17.3 Å². The molecule has 0 heterocycles. The van der Waals surface area contributed by atoms with E-state index < -0.39 is 10.8 Å². The number of rotatable bonds is 4. The highest BCUT2D eigenvalue weighted by Gasteiger charge is 2.13. The summed E-state index contributed by atoms with van der Waals surface area (Å²) in [6.45, 7) is 0.543. The molecule has 0 aliphatic carbocycles. The highest BCUT2D eigenvalue weighted by Crippen LogP contribution is 2.20. The van der Waals surface area contributed by atoms with Gasteiger partial charge in [0.25, 0.3) is 5.91 Å². The minimum atomic E-state index is -1.03. The van der Waals surface area contributed by atoms with Gasteiger partial charge < -0.3 is 4.90 Å². The van der Waals surface area contributed by atoms with E-state index in [9.17, 15) is 9.00 Å². The number of carbonyl (C=O) groups is 1. The third-order valence-corrected chi connectivity index (χ3v) is 5.00.